The molecule has 0 spiro atoms. The number of carboxylic acid groups (broad SMARTS) is 1. The van der Waals surface area contributed by atoms with Crippen LogP contribution in [0.5, 0.6) is 0 Å². The van der Waals surface area contributed by atoms with E-state index in [1.54, 1.807) is 19.9 Å². The van der Waals surface area contributed by atoms with Crippen molar-refractivity contribution in [2.75, 3.05) is 0 Å². The number of H-pyrrole nitrogens is 1. The molecule has 0 bridgehead atoms. The van der Waals surface area contributed by atoms with Crippen molar-refractivity contribution >= 4 is 26.9 Å². The Morgan fingerprint density at radius 2 is 2.09 bits per heavy atom. The molecule has 3 N–H and O–H groups in total. The lowest BCUT2D eigenvalue weighted by molar-refractivity contribution is -0.139. The molecular formula is C14H17FN2O4S. The highest BCUT2D eigenvalue weighted by Gasteiger charge is 2.28. The Kier molecular flexibility index (Phi) is 4.52. The van der Waals surface area contributed by atoms with Crippen molar-refractivity contribution in [2.45, 2.75) is 31.2 Å². The van der Waals surface area contributed by atoms with Crippen LogP contribution in [0.4, 0.5) is 4.39 Å². The number of halogens is 1. The van der Waals surface area contributed by atoms with E-state index in [1.165, 1.54) is 6.07 Å². The second-order valence-electron chi connectivity index (χ2n) is 5.46. The summed E-state index contributed by atoms with van der Waals surface area (Å²) in [5.74, 6) is -1.96. The molecule has 2 aromatic rings. The first-order valence-corrected chi connectivity index (χ1v) is 8.21. The summed E-state index contributed by atoms with van der Waals surface area (Å²) in [6.07, 6.45) is 1.30. The van der Waals surface area contributed by atoms with Gasteiger partial charge in [-0.05, 0) is 24.5 Å². The average Bonchev–Trinajstić information content (AvgIpc) is 2.83. The van der Waals surface area contributed by atoms with Crippen LogP contribution in [0, 0.1) is 11.7 Å². The molecule has 0 saturated heterocycles. The lowest BCUT2D eigenvalue weighted by Gasteiger charge is -2.16. The maximum absolute atomic E-state index is 13.9. The fourth-order valence-electron chi connectivity index (χ4n) is 2.24. The van der Waals surface area contributed by atoms with E-state index >= 15 is 0 Å². The summed E-state index contributed by atoms with van der Waals surface area (Å²) in [5, 5.41) is 9.06. The summed E-state index contributed by atoms with van der Waals surface area (Å²) in [7, 11) is -4.16. The van der Waals surface area contributed by atoms with Crippen LogP contribution >= 0.6 is 0 Å². The summed E-state index contributed by atoms with van der Waals surface area (Å²) in [6, 6.07) is 2.89. The van der Waals surface area contributed by atoms with Gasteiger partial charge in [0.1, 0.15) is 16.8 Å². The van der Waals surface area contributed by atoms with Gasteiger partial charge in [0.25, 0.3) is 0 Å². The van der Waals surface area contributed by atoms with Crippen molar-refractivity contribution in [1.29, 1.82) is 0 Å². The predicted molar refractivity (Wildman–Crippen MR) is 79.5 cm³/mol. The molecule has 0 fully saturated rings. The van der Waals surface area contributed by atoms with Gasteiger partial charge in [-0.3, -0.25) is 4.79 Å². The molecule has 0 amide bonds. The van der Waals surface area contributed by atoms with E-state index in [2.05, 4.69) is 9.71 Å². The van der Waals surface area contributed by atoms with Crippen LogP contribution < -0.4 is 4.72 Å². The van der Waals surface area contributed by atoms with Crippen molar-refractivity contribution < 1.29 is 22.7 Å². The first-order valence-electron chi connectivity index (χ1n) is 6.73. The molecule has 0 aliphatic carbocycles. The van der Waals surface area contributed by atoms with Crippen molar-refractivity contribution in [1.82, 2.24) is 9.71 Å². The van der Waals surface area contributed by atoms with Crippen LogP contribution in [0.2, 0.25) is 0 Å². The van der Waals surface area contributed by atoms with Crippen LogP contribution in [0.1, 0.15) is 20.3 Å². The van der Waals surface area contributed by atoms with Gasteiger partial charge in [0, 0.05) is 11.7 Å². The summed E-state index contributed by atoms with van der Waals surface area (Å²) >= 11 is 0. The fourth-order valence-corrected chi connectivity index (χ4v) is 3.63. The number of carbonyl (C=O) groups is 1. The Bertz CT molecular complexity index is 798. The number of nitrogens with one attached hydrogen (secondary N) is 2. The summed E-state index contributed by atoms with van der Waals surface area (Å²) in [4.78, 5) is 13.6. The maximum Gasteiger partial charge on any atom is 0.321 e. The molecule has 1 heterocycles. The minimum Gasteiger partial charge on any atom is -0.480 e. The zero-order valence-electron chi connectivity index (χ0n) is 12.1. The second kappa shape index (κ2) is 6.05. The molecule has 22 heavy (non-hydrogen) atoms. The monoisotopic (exact) mass is 328 g/mol. The normalized spacial score (nSPS) is 13.6. The number of rotatable bonds is 6. The third-order valence-corrected chi connectivity index (χ3v) is 4.71. The van der Waals surface area contributed by atoms with Gasteiger partial charge < -0.3 is 10.1 Å². The topological polar surface area (TPSA) is 99.3 Å². The number of aromatic nitrogens is 1. The Labute approximate surface area is 127 Å². The molecule has 0 aliphatic heterocycles. The van der Waals surface area contributed by atoms with E-state index in [-0.39, 0.29) is 22.6 Å². The maximum atomic E-state index is 13.9. The molecular weight excluding hydrogens is 311 g/mol. The minimum atomic E-state index is -4.16. The number of carboxylic acids is 1. The van der Waals surface area contributed by atoms with Gasteiger partial charge in [-0.25, -0.2) is 12.8 Å². The highest BCUT2D eigenvalue weighted by molar-refractivity contribution is 7.89. The molecule has 0 radical (unpaired) electrons. The van der Waals surface area contributed by atoms with Crippen molar-refractivity contribution in [3.63, 3.8) is 0 Å². The summed E-state index contributed by atoms with van der Waals surface area (Å²) in [6.45, 7) is 3.57. The third kappa shape index (κ3) is 3.28. The number of sulfonamides is 1. The highest BCUT2D eigenvalue weighted by Crippen LogP contribution is 2.25. The van der Waals surface area contributed by atoms with E-state index in [0.717, 1.165) is 12.3 Å². The number of fused-ring (bicyclic) bond motifs is 1. The first kappa shape index (κ1) is 16.4. The zero-order valence-corrected chi connectivity index (χ0v) is 12.9. The largest absolute Gasteiger partial charge is 0.480 e. The molecule has 1 atom stereocenters. The number of benzene rings is 1. The molecule has 0 saturated carbocycles. The van der Waals surface area contributed by atoms with Gasteiger partial charge in [0.15, 0.2) is 0 Å². The van der Waals surface area contributed by atoms with Crippen LogP contribution in [0.3, 0.4) is 0 Å². The molecule has 120 valence electrons. The quantitative estimate of drug-likeness (QED) is 0.756. The molecule has 1 aromatic heterocycles. The smallest absolute Gasteiger partial charge is 0.321 e. The first-order chi connectivity index (χ1) is 10.2. The SMILES string of the molecule is CC(C)CC(NS(=O)(=O)c1c[nH]c2cccc(F)c12)C(=O)O. The van der Waals surface area contributed by atoms with E-state index in [1.807, 2.05) is 0 Å². The average molecular weight is 328 g/mol. The molecule has 2 rings (SSSR count). The Morgan fingerprint density at radius 1 is 1.41 bits per heavy atom. The van der Waals surface area contributed by atoms with Gasteiger partial charge in [0.05, 0.1) is 5.39 Å². The summed E-state index contributed by atoms with van der Waals surface area (Å²) in [5.41, 5.74) is 0.330. The highest BCUT2D eigenvalue weighted by atomic mass is 32.2. The molecule has 8 heteroatoms. The van der Waals surface area contributed by atoms with Crippen LogP contribution in [-0.2, 0) is 14.8 Å². The Morgan fingerprint density at radius 3 is 2.68 bits per heavy atom. The molecule has 1 aromatic carbocycles. The van der Waals surface area contributed by atoms with Gasteiger partial charge in [0.2, 0.25) is 10.0 Å². The number of hydrogen-bond donors (Lipinski definition) is 3. The lowest BCUT2D eigenvalue weighted by Crippen LogP contribution is -2.41. The van der Waals surface area contributed by atoms with Gasteiger partial charge in [-0.15, -0.1) is 0 Å². The van der Waals surface area contributed by atoms with E-state index in [4.69, 9.17) is 5.11 Å². The molecule has 0 aliphatic rings. The van der Waals surface area contributed by atoms with Gasteiger partial charge >= 0.3 is 5.97 Å². The predicted octanol–water partition coefficient (Wildman–Crippen LogP) is 2.08. The molecule has 6 nitrogen and oxygen atoms in total. The number of aliphatic carboxylic acids is 1. The fraction of sp³-hybridized carbons (Fsp3) is 0.357. The standard InChI is InChI=1S/C14H17FN2O4S/c1-8(2)6-11(14(18)19)17-22(20,21)12-7-16-10-5-3-4-9(15)13(10)12/h3-5,7-8,11,16-17H,6H2,1-2H3,(H,18,19). The van der Waals surface area contributed by atoms with Crippen molar-refractivity contribution in [2.24, 2.45) is 5.92 Å². The number of aromatic amines is 1. The zero-order chi connectivity index (χ0) is 16.5. The van der Waals surface area contributed by atoms with Crippen molar-refractivity contribution in [3.8, 4) is 0 Å². The Hall–Kier alpha value is -1.93. The van der Waals surface area contributed by atoms with E-state index in [9.17, 15) is 17.6 Å². The van der Waals surface area contributed by atoms with E-state index in [0.29, 0.717) is 5.52 Å². The van der Waals surface area contributed by atoms with Crippen LogP contribution in [-0.4, -0.2) is 30.5 Å². The number of hydrogen-bond acceptors (Lipinski definition) is 3. The van der Waals surface area contributed by atoms with E-state index < -0.39 is 27.9 Å². The van der Waals surface area contributed by atoms with Crippen molar-refractivity contribution in [3.05, 3.63) is 30.2 Å². The lowest BCUT2D eigenvalue weighted by atomic mass is 10.1. The second-order valence-corrected chi connectivity index (χ2v) is 7.14. The third-order valence-electron chi connectivity index (χ3n) is 3.21. The van der Waals surface area contributed by atoms with Gasteiger partial charge in [-0.1, -0.05) is 19.9 Å². The minimum absolute atomic E-state index is 0.0106. The van der Waals surface area contributed by atoms with Gasteiger partial charge in [-0.2, -0.15) is 4.72 Å². The van der Waals surface area contributed by atoms with Crippen LogP contribution in [0.25, 0.3) is 10.9 Å². The molecule has 1 unspecified atom stereocenters. The summed E-state index contributed by atoms with van der Waals surface area (Å²) < 4.78 is 40.8. The van der Waals surface area contributed by atoms with Crippen LogP contribution in [0.15, 0.2) is 29.3 Å². The Balaban J connectivity index is 2.42.